The maximum absolute atomic E-state index is 6.31. The van der Waals surface area contributed by atoms with E-state index in [1.807, 2.05) is 13.0 Å². The van der Waals surface area contributed by atoms with Crippen LogP contribution in [-0.4, -0.2) is 24.9 Å². The highest BCUT2D eigenvalue weighted by Crippen LogP contribution is 2.36. The molecule has 0 spiro atoms. The lowest BCUT2D eigenvalue weighted by Gasteiger charge is -2.06. The lowest BCUT2D eigenvalue weighted by Crippen LogP contribution is -1.98. The fraction of sp³-hybridized carbons (Fsp3) is 0.0588. The standard InChI is InChI=1S/C17H11BrCl2N6/c1-8-5-12(23-7-22-8)24-17-15-14(9(18)6-21-17)25-16(26-15)13-10(19)3-2-4-11(13)20/h2-7H,1H3,(H,25,26)(H,21,22,23,24). The molecule has 9 heteroatoms. The molecule has 0 fully saturated rings. The van der Waals surface area contributed by atoms with Gasteiger partial charge in [-0.1, -0.05) is 29.3 Å². The molecule has 4 rings (SSSR count). The number of hydrogen-bond donors (Lipinski definition) is 2. The van der Waals surface area contributed by atoms with Crippen molar-refractivity contribution < 1.29 is 0 Å². The van der Waals surface area contributed by atoms with Gasteiger partial charge in [-0.3, -0.25) is 0 Å². The quantitative estimate of drug-likeness (QED) is 0.429. The number of aromatic amines is 1. The second kappa shape index (κ2) is 6.83. The summed E-state index contributed by atoms with van der Waals surface area (Å²) in [6, 6.07) is 7.16. The van der Waals surface area contributed by atoms with E-state index in [9.17, 15) is 0 Å². The first-order chi connectivity index (χ1) is 12.5. The molecule has 0 aliphatic rings. The van der Waals surface area contributed by atoms with Crippen molar-refractivity contribution in [3.05, 3.63) is 57.0 Å². The first kappa shape index (κ1) is 17.2. The number of benzene rings is 1. The molecule has 2 N–H and O–H groups in total. The zero-order chi connectivity index (χ0) is 18.3. The summed E-state index contributed by atoms with van der Waals surface area (Å²) >= 11 is 16.1. The molecule has 0 radical (unpaired) electrons. The fourth-order valence-electron chi connectivity index (χ4n) is 2.55. The van der Waals surface area contributed by atoms with Crippen molar-refractivity contribution in [2.24, 2.45) is 0 Å². The Morgan fingerprint density at radius 3 is 2.62 bits per heavy atom. The lowest BCUT2D eigenvalue weighted by atomic mass is 10.2. The van der Waals surface area contributed by atoms with Gasteiger partial charge in [0.15, 0.2) is 5.82 Å². The zero-order valence-corrected chi connectivity index (χ0v) is 16.5. The minimum atomic E-state index is 0.515. The summed E-state index contributed by atoms with van der Waals surface area (Å²) in [5.74, 6) is 1.79. The molecule has 0 bridgehead atoms. The smallest absolute Gasteiger partial charge is 0.157 e. The monoisotopic (exact) mass is 448 g/mol. The number of pyridine rings is 1. The maximum Gasteiger partial charge on any atom is 0.157 e. The van der Waals surface area contributed by atoms with Crippen LogP contribution in [0.2, 0.25) is 10.0 Å². The van der Waals surface area contributed by atoms with E-state index in [0.717, 1.165) is 10.2 Å². The lowest BCUT2D eigenvalue weighted by molar-refractivity contribution is 1.10. The van der Waals surface area contributed by atoms with Crippen molar-refractivity contribution in [3.63, 3.8) is 0 Å². The molecule has 0 atom stereocenters. The molecule has 26 heavy (non-hydrogen) atoms. The molecule has 0 saturated heterocycles. The van der Waals surface area contributed by atoms with Gasteiger partial charge in [0.25, 0.3) is 0 Å². The Bertz CT molecular complexity index is 1110. The fourth-order valence-corrected chi connectivity index (χ4v) is 3.51. The van der Waals surface area contributed by atoms with Crippen molar-refractivity contribution >= 4 is 61.8 Å². The van der Waals surface area contributed by atoms with E-state index in [1.165, 1.54) is 6.33 Å². The Hall–Kier alpha value is -2.22. The van der Waals surface area contributed by atoms with Gasteiger partial charge in [0.1, 0.15) is 29.0 Å². The predicted octanol–water partition coefficient (Wildman–Crippen LogP) is 5.54. The average Bonchev–Trinajstić information content (AvgIpc) is 3.03. The number of aryl methyl sites for hydroxylation is 1. The van der Waals surface area contributed by atoms with Gasteiger partial charge in [-0.2, -0.15) is 0 Å². The first-order valence-electron chi connectivity index (χ1n) is 7.57. The number of halogens is 3. The van der Waals surface area contributed by atoms with Gasteiger partial charge in [0.05, 0.1) is 20.1 Å². The van der Waals surface area contributed by atoms with Gasteiger partial charge in [-0.05, 0) is 35.0 Å². The molecule has 3 heterocycles. The number of imidazole rings is 1. The van der Waals surface area contributed by atoms with E-state index < -0.39 is 0 Å². The van der Waals surface area contributed by atoms with Gasteiger partial charge in [0.2, 0.25) is 0 Å². The van der Waals surface area contributed by atoms with Crippen molar-refractivity contribution in [3.8, 4) is 11.4 Å². The van der Waals surface area contributed by atoms with Crippen LogP contribution in [0.3, 0.4) is 0 Å². The normalized spacial score (nSPS) is 11.1. The summed E-state index contributed by atoms with van der Waals surface area (Å²) in [5, 5.41) is 4.22. The Balaban J connectivity index is 1.86. The van der Waals surface area contributed by atoms with Crippen LogP contribution in [0.5, 0.6) is 0 Å². The number of rotatable bonds is 3. The Morgan fingerprint density at radius 2 is 1.88 bits per heavy atom. The highest BCUT2D eigenvalue weighted by Gasteiger charge is 2.17. The minimum Gasteiger partial charge on any atom is -0.335 e. The molecule has 0 aliphatic carbocycles. The van der Waals surface area contributed by atoms with Crippen LogP contribution in [0.25, 0.3) is 22.4 Å². The second-order valence-electron chi connectivity index (χ2n) is 5.53. The van der Waals surface area contributed by atoms with Gasteiger partial charge < -0.3 is 10.3 Å². The van der Waals surface area contributed by atoms with E-state index in [2.05, 4.69) is 46.2 Å². The molecule has 1 aromatic carbocycles. The summed E-state index contributed by atoms with van der Waals surface area (Å²) in [6.07, 6.45) is 3.17. The minimum absolute atomic E-state index is 0.515. The topological polar surface area (TPSA) is 79.4 Å². The van der Waals surface area contributed by atoms with Crippen molar-refractivity contribution in [1.29, 1.82) is 0 Å². The number of aromatic nitrogens is 5. The number of hydrogen-bond acceptors (Lipinski definition) is 5. The van der Waals surface area contributed by atoms with Crippen LogP contribution in [0, 0.1) is 6.92 Å². The number of nitrogens with zero attached hydrogens (tertiary/aromatic N) is 4. The predicted molar refractivity (Wildman–Crippen MR) is 107 cm³/mol. The summed E-state index contributed by atoms with van der Waals surface area (Å²) in [4.78, 5) is 20.6. The number of fused-ring (bicyclic) bond motifs is 1. The van der Waals surface area contributed by atoms with E-state index in [1.54, 1.807) is 24.4 Å². The van der Waals surface area contributed by atoms with E-state index >= 15 is 0 Å². The van der Waals surface area contributed by atoms with Gasteiger partial charge in [-0.25, -0.2) is 19.9 Å². The second-order valence-corrected chi connectivity index (χ2v) is 7.20. The van der Waals surface area contributed by atoms with Gasteiger partial charge >= 0.3 is 0 Å². The van der Waals surface area contributed by atoms with Crippen LogP contribution < -0.4 is 5.32 Å². The van der Waals surface area contributed by atoms with Crippen LogP contribution in [0.15, 0.2) is 41.3 Å². The third-order valence-electron chi connectivity index (χ3n) is 3.72. The molecular weight excluding hydrogens is 439 g/mol. The maximum atomic E-state index is 6.31. The third kappa shape index (κ3) is 3.13. The summed E-state index contributed by atoms with van der Waals surface area (Å²) in [5.41, 5.74) is 2.91. The third-order valence-corrected chi connectivity index (χ3v) is 4.93. The number of H-pyrrole nitrogens is 1. The van der Waals surface area contributed by atoms with Gasteiger partial charge in [-0.15, -0.1) is 0 Å². The SMILES string of the molecule is Cc1cc(Nc2ncc(Br)c3nc(-c4c(Cl)cccc4Cl)[nH]c23)ncn1. The van der Waals surface area contributed by atoms with Crippen LogP contribution in [0.1, 0.15) is 5.69 Å². The molecule has 3 aromatic heterocycles. The van der Waals surface area contributed by atoms with E-state index in [-0.39, 0.29) is 0 Å². The zero-order valence-electron chi connectivity index (χ0n) is 13.4. The van der Waals surface area contributed by atoms with Crippen molar-refractivity contribution in [2.75, 3.05) is 5.32 Å². The largest absolute Gasteiger partial charge is 0.335 e. The Morgan fingerprint density at radius 1 is 1.12 bits per heavy atom. The van der Waals surface area contributed by atoms with Crippen molar-refractivity contribution in [1.82, 2.24) is 24.9 Å². The Labute approximate surface area is 167 Å². The highest BCUT2D eigenvalue weighted by atomic mass is 79.9. The number of nitrogens with one attached hydrogen (secondary N) is 2. The summed E-state index contributed by atoms with van der Waals surface area (Å²) in [7, 11) is 0. The molecule has 0 unspecified atom stereocenters. The van der Waals surface area contributed by atoms with E-state index in [0.29, 0.717) is 44.1 Å². The van der Waals surface area contributed by atoms with Crippen LogP contribution in [0.4, 0.5) is 11.6 Å². The molecule has 4 aromatic rings. The summed E-state index contributed by atoms with van der Waals surface area (Å²) < 4.78 is 0.752. The van der Waals surface area contributed by atoms with Gasteiger partial charge in [0, 0.05) is 18.0 Å². The van der Waals surface area contributed by atoms with Crippen molar-refractivity contribution in [2.45, 2.75) is 6.92 Å². The summed E-state index contributed by atoms with van der Waals surface area (Å²) in [6.45, 7) is 1.89. The van der Waals surface area contributed by atoms with E-state index in [4.69, 9.17) is 23.2 Å². The average molecular weight is 450 g/mol. The molecule has 0 aliphatic heterocycles. The van der Waals surface area contributed by atoms with Crippen LogP contribution in [-0.2, 0) is 0 Å². The molecule has 0 amide bonds. The highest BCUT2D eigenvalue weighted by molar-refractivity contribution is 9.10. The Kier molecular flexibility index (Phi) is 4.52. The molecule has 0 saturated carbocycles. The molecular formula is C17H11BrCl2N6. The molecule has 130 valence electrons. The molecule has 6 nitrogen and oxygen atoms in total. The van der Waals surface area contributed by atoms with Crippen LogP contribution >= 0.6 is 39.1 Å². The number of anilines is 2. The first-order valence-corrected chi connectivity index (χ1v) is 9.12.